The Morgan fingerprint density at radius 1 is 1.19 bits per heavy atom. The van der Waals surface area contributed by atoms with Crippen LogP contribution in [0.4, 0.5) is 0 Å². The number of halogens is 2. The van der Waals surface area contributed by atoms with Crippen molar-refractivity contribution in [3.8, 4) is 0 Å². The van der Waals surface area contributed by atoms with Crippen molar-refractivity contribution in [1.82, 2.24) is 5.32 Å². The van der Waals surface area contributed by atoms with Gasteiger partial charge in [-0.3, -0.25) is 0 Å². The van der Waals surface area contributed by atoms with Crippen LogP contribution in [-0.2, 0) is 0 Å². The van der Waals surface area contributed by atoms with Gasteiger partial charge < -0.3 is 5.32 Å². The van der Waals surface area contributed by atoms with Gasteiger partial charge in [-0.15, -0.1) is 0 Å². The molecule has 0 aromatic heterocycles. The van der Waals surface area contributed by atoms with E-state index in [4.69, 9.17) is 23.2 Å². The molecule has 0 aliphatic rings. The van der Waals surface area contributed by atoms with Gasteiger partial charge in [0.1, 0.15) is 0 Å². The maximum atomic E-state index is 6.01. The lowest BCUT2D eigenvalue weighted by Crippen LogP contribution is -2.26. The minimum atomic E-state index is 0.490. The van der Waals surface area contributed by atoms with E-state index in [0.29, 0.717) is 22.0 Å². The Kier molecular flexibility index (Phi) is 5.60. The molecule has 0 amide bonds. The molecule has 3 heteroatoms. The second kappa shape index (κ2) is 6.48. The average molecular weight is 260 g/mol. The lowest BCUT2D eigenvalue weighted by molar-refractivity contribution is 0.491. The molecule has 1 nitrogen and oxygen atoms in total. The first-order chi connectivity index (χ1) is 7.54. The molecule has 16 heavy (non-hydrogen) atoms. The maximum absolute atomic E-state index is 6.01. The molecule has 1 aromatic carbocycles. The van der Waals surface area contributed by atoms with Crippen LogP contribution in [0.5, 0.6) is 0 Å². The fraction of sp³-hybridized carbons (Fsp3) is 0.538. The van der Waals surface area contributed by atoms with E-state index < -0.39 is 0 Å². The molecule has 0 saturated heterocycles. The zero-order valence-corrected chi connectivity index (χ0v) is 11.6. The van der Waals surface area contributed by atoms with Crippen molar-refractivity contribution in [2.24, 2.45) is 0 Å². The van der Waals surface area contributed by atoms with Crippen molar-refractivity contribution in [3.63, 3.8) is 0 Å². The zero-order valence-electron chi connectivity index (χ0n) is 10.1. The molecule has 2 atom stereocenters. The van der Waals surface area contributed by atoms with E-state index in [1.807, 2.05) is 12.1 Å². The SMILES string of the molecule is CCNC(C)CC(C)c1ccc(Cl)c(Cl)c1. The van der Waals surface area contributed by atoms with Crippen LogP contribution in [0.1, 0.15) is 38.7 Å². The van der Waals surface area contributed by atoms with Crippen molar-refractivity contribution in [2.75, 3.05) is 6.54 Å². The molecular weight excluding hydrogens is 241 g/mol. The summed E-state index contributed by atoms with van der Waals surface area (Å²) in [7, 11) is 0. The standard InChI is InChI=1S/C13H19Cl2N/c1-4-16-10(3)7-9(2)11-5-6-12(14)13(15)8-11/h5-6,8-10,16H,4,7H2,1-3H3. The lowest BCUT2D eigenvalue weighted by Gasteiger charge is -2.18. The van der Waals surface area contributed by atoms with Crippen LogP contribution in [0.3, 0.4) is 0 Å². The monoisotopic (exact) mass is 259 g/mol. The summed E-state index contributed by atoms with van der Waals surface area (Å²) in [5, 5.41) is 4.68. The summed E-state index contributed by atoms with van der Waals surface area (Å²) in [5.74, 6) is 0.490. The molecular formula is C13H19Cl2N. The van der Waals surface area contributed by atoms with Gasteiger partial charge >= 0.3 is 0 Å². The van der Waals surface area contributed by atoms with Crippen LogP contribution in [0.2, 0.25) is 10.0 Å². The highest BCUT2D eigenvalue weighted by atomic mass is 35.5. The highest BCUT2D eigenvalue weighted by molar-refractivity contribution is 6.42. The topological polar surface area (TPSA) is 12.0 Å². The molecule has 1 rings (SSSR count). The van der Waals surface area contributed by atoms with Crippen molar-refractivity contribution < 1.29 is 0 Å². The van der Waals surface area contributed by atoms with Crippen molar-refractivity contribution in [2.45, 2.75) is 39.2 Å². The normalized spacial score (nSPS) is 14.8. The first-order valence-corrected chi connectivity index (χ1v) is 6.48. The summed E-state index contributed by atoms with van der Waals surface area (Å²) in [5.41, 5.74) is 1.25. The molecule has 0 aliphatic heterocycles. The highest BCUT2D eigenvalue weighted by Crippen LogP contribution is 2.28. The third kappa shape index (κ3) is 3.97. The Hall–Kier alpha value is -0.240. The molecule has 0 bridgehead atoms. The number of benzene rings is 1. The smallest absolute Gasteiger partial charge is 0.0595 e. The molecule has 0 fully saturated rings. The summed E-state index contributed by atoms with van der Waals surface area (Å²) in [6.07, 6.45) is 1.10. The second-order valence-electron chi connectivity index (χ2n) is 4.27. The van der Waals surface area contributed by atoms with Gasteiger partial charge in [0.05, 0.1) is 10.0 Å². The second-order valence-corrected chi connectivity index (χ2v) is 5.08. The fourth-order valence-electron chi connectivity index (χ4n) is 1.92. The summed E-state index contributed by atoms with van der Waals surface area (Å²) in [4.78, 5) is 0. The molecule has 0 aliphatic carbocycles. The molecule has 0 radical (unpaired) electrons. The van der Waals surface area contributed by atoms with E-state index in [0.717, 1.165) is 13.0 Å². The van der Waals surface area contributed by atoms with Gasteiger partial charge in [0.2, 0.25) is 0 Å². The van der Waals surface area contributed by atoms with Gasteiger partial charge in [0, 0.05) is 6.04 Å². The van der Waals surface area contributed by atoms with Crippen molar-refractivity contribution >= 4 is 23.2 Å². The van der Waals surface area contributed by atoms with Crippen LogP contribution < -0.4 is 5.32 Å². The molecule has 90 valence electrons. The molecule has 0 saturated carbocycles. The fourth-order valence-corrected chi connectivity index (χ4v) is 2.22. The first-order valence-electron chi connectivity index (χ1n) is 5.73. The molecule has 1 aromatic rings. The number of hydrogen-bond acceptors (Lipinski definition) is 1. The van der Waals surface area contributed by atoms with Crippen LogP contribution >= 0.6 is 23.2 Å². The van der Waals surface area contributed by atoms with Gasteiger partial charge in [-0.2, -0.15) is 0 Å². The van der Waals surface area contributed by atoms with Crippen LogP contribution in [0, 0.1) is 0 Å². The number of hydrogen-bond donors (Lipinski definition) is 1. The Morgan fingerprint density at radius 3 is 2.44 bits per heavy atom. The van der Waals surface area contributed by atoms with E-state index in [1.165, 1.54) is 5.56 Å². The van der Waals surface area contributed by atoms with Crippen LogP contribution in [-0.4, -0.2) is 12.6 Å². The van der Waals surface area contributed by atoms with Crippen LogP contribution in [0.25, 0.3) is 0 Å². The third-order valence-corrected chi connectivity index (χ3v) is 3.51. The summed E-state index contributed by atoms with van der Waals surface area (Å²) in [6, 6.07) is 6.41. The number of nitrogens with one attached hydrogen (secondary N) is 1. The Balaban J connectivity index is 2.65. The maximum Gasteiger partial charge on any atom is 0.0595 e. The first kappa shape index (κ1) is 13.8. The minimum absolute atomic E-state index is 0.490. The minimum Gasteiger partial charge on any atom is -0.315 e. The lowest BCUT2D eigenvalue weighted by atomic mass is 9.94. The quantitative estimate of drug-likeness (QED) is 0.822. The molecule has 1 N–H and O–H groups in total. The third-order valence-electron chi connectivity index (χ3n) is 2.77. The largest absolute Gasteiger partial charge is 0.315 e. The Bertz CT molecular complexity index is 339. The molecule has 0 spiro atoms. The predicted molar refractivity (Wildman–Crippen MR) is 72.6 cm³/mol. The Labute approximate surface area is 108 Å². The zero-order chi connectivity index (χ0) is 12.1. The van der Waals surface area contributed by atoms with Crippen molar-refractivity contribution in [1.29, 1.82) is 0 Å². The Morgan fingerprint density at radius 2 is 1.88 bits per heavy atom. The van der Waals surface area contributed by atoms with E-state index >= 15 is 0 Å². The molecule has 0 heterocycles. The van der Waals surface area contributed by atoms with E-state index in [9.17, 15) is 0 Å². The highest BCUT2D eigenvalue weighted by Gasteiger charge is 2.11. The van der Waals surface area contributed by atoms with Gasteiger partial charge in [-0.25, -0.2) is 0 Å². The predicted octanol–water partition coefficient (Wildman–Crippen LogP) is 4.49. The van der Waals surface area contributed by atoms with E-state index in [-0.39, 0.29) is 0 Å². The summed E-state index contributed by atoms with van der Waals surface area (Å²) < 4.78 is 0. The summed E-state index contributed by atoms with van der Waals surface area (Å²) in [6.45, 7) is 7.56. The molecule has 2 unspecified atom stereocenters. The summed E-state index contributed by atoms with van der Waals surface area (Å²) >= 11 is 11.9. The average Bonchev–Trinajstić information content (AvgIpc) is 2.22. The van der Waals surface area contributed by atoms with Gasteiger partial charge in [0.15, 0.2) is 0 Å². The van der Waals surface area contributed by atoms with Gasteiger partial charge in [-0.1, -0.05) is 43.1 Å². The van der Waals surface area contributed by atoms with Crippen LogP contribution in [0.15, 0.2) is 18.2 Å². The van der Waals surface area contributed by atoms with Crippen molar-refractivity contribution in [3.05, 3.63) is 33.8 Å². The van der Waals surface area contributed by atoms with Gasteiger partial charge in [-0.05, 0) is 43.5 Å². The van der Waals surface area contributed by atoms with E-state index in [2.05, 4.69) is 32.2 Å². The van der Waals surface area contributed by atoms with E-state index in [1.54, 1.807) is 0 Å². The number of rotatable bonds is 5. The van der Waals surface area contributed by atoms with Gasteiger partial charge in [0.25, 0.3) is 0 Å².